The van der Waals surface area contributed by atoms with Gasteiger partial charge in [-0.05, 0) is 33.6 Å². The smallest absolute Gasteiger partial charge is 0.330 e. The summed E-state index contributed by atoms with van der Waals surface area (Å²) in [5.41, 5.74) is -0.657. The van der Waals surface area contributed by atoms with Gasteiger partial charge < -0.3 is 4.84 Å². The first-order valence-electron chi connectivity index (χ1n) is 5.09. The quantitative estimate of drug-likeness (QED) is 0.716. The Kier molecular flexibility index (Phi) is 3.65. The van der Waals surface area contributed by atoms with E-state index in [9.17, 15) is 13.6 Å². The van der Waals surface area contributed by atoms with Crippen molar-refractivity contribution in [2.45, 2.75) is 46.1 Å². The van der Waals surface area contributed by atoms with Crippen molar-refractivity contribution in [3.05, 3.63) is 0 Å². The van der Waals surface area contributed by atoms with Crippen molar-refractivity contribution in [1.29, 1.82) is 0 Å². The third-order valence-electron chi connectivity index (χ3n) is 2.35. The molecule has 0 unspecified atom stereocenters. The van der Waals surface area contributed by atoms with Gasteiger partial charge in [0.1, 0.15) is 6.04 Å². The first-order chi connectivity index (χ1) is 6.82. The normalized spacial score (nSPS) is 23.5. The lowest BCUT2D eigenvalue weighted by Crippen LogP contribution is -2.39. The standard InChI is InChI=1S/C10H17F2NO2/c1-10(2,3)9(14)15-13-6-4-5-7(13)8(11)12/h7-8H,4-6H2,1-3H3/t7-/m1/s1. The van der Waals surface area contributed by atoms with E-state index in [2.05, 4.69) is 0 Å². The van der Waals surface area contributed by atoms with Gasteiger partial charge in [0, 0.05) is 6.54 Å². The number of hydrogen-bond donors (Lipinski definition) is 0. The zero-order valence-electron chi connectivity index (χ0n) is 9.30. The van der Waals surface area contributed by atoms with Crippen LogP contribution in [-0.4, -0.2) is 30.0 Å². The summed E-state index contributed by atoms with van der Waals surface area (Å²) in [5.74, 6) is -0.463. The average molecular weight is 221 g/mol. The molecule has 0 amide bonds. The minimum atomic E-state index is -2.46. The zero-order chi connectivity index (χ0) is 11.6. The highest BCUT2D eigenvalue weighted by Gasteiger charge is 2.36. The predicted octanol–water partition coefficient (Wildman–Crippen LogP) is 2.22. The Hall–Kier alpha value is -0.710. The molecule has 0 radical (unpaired) electrons. The molecule has 0 aliphatic carbocycles. The van der Waals surface area contributed by atoms with Gasteiger partial charge in [-0.2, -0.15) is 0 Å². The lowest BCUT2D eigenvalue weighted by atomic mass is 9.98. The summed E-state index contributed by atoms with van der Waals surface area (Å²) >= 11 is 0. The van der Waals surface area contributed by atoms with E-state index in [0.29, 0.717) is 19.4 Å². The van der Waals surface area contributed by atoms with Gasteiger partial charge in [0.15, 0.2) is 0 Å². The fraction of sp³-hybridized carbons (Fsp3) is 0.900. The van der Waals surface area contributed by atoms with Crippen LogP contribution in [0.5, 0.6) is 0 Å². The third-order valence-corrected chi connectivity index (χ3v) is 2.35. The minimum Gasteiger partial charge on any atom is -0.367 e. The summed E-state index contributed by atoms with van der Waals surface area (Å²) in [4.78, 5) is 16.4. The van der Waals surface area contributed by atoms with E-state index in [1.165, 1.54) is 0 Å². The van der Waals surface area contributed by atoms with Gasteiger partial charge in [0.2, 0.25) is 0 Å². The summed E-state index contributed by atoms with van der Waals surface area (Å²) in [7, 11) is 0. The molecule has 0 aromatic carbocycles. The van der Waals surface area contributed by atoms with Gasteiger partial charge in [-0.25, -0.2) is 13.6 Å². The number of rotatable bonds is 2. The minimum absolute atomic E-state index is 0.384. The molecule has 0 aromatic heterocycles. The number of hydroxylamine groups is 2. The van der Waals surface area contributed by atoms with Crippen LogP contribution in [0.25, 0.3) is 0 Å². The molecule has 5 heteroatoms. The molecule has 1 rings (SSSR count). The van der Waals surface area contributed by atoms with Crippen LogP contribution in [0.4, 0.5) is 8.78 Å². The van der Waals surface area contributed by atoms with Gasteiger partial charge in [-0.1, -0.05) is 0 Å². The van der Waals surface area contributed by atoms with Crippen molar-refractivity contribution in [2.75, 3.05) is 6.54 Å². The molecule has 0 N–H and O–H groups in total. The fourth-order valence-corrected chi connectivity index (χ4v) is 1.37. The molecule has 0 bridgehead atoms. The van der Waals surface area contributed by atoms with Crippen molar-refractivity contribution in [3.63, 3.8) is 0 Å². The molecule has 88 valence electrons. The molecule has 0 saturated carbocycles. The van der Waals surface area contributed by atoms with Crippen molar-refractivity contribution < 1.29 is 18.4 Å². The maximum absolute atomic E-state index is 12.5. The second-order valence-corrected chi connectivity index (χ2v) is 4.81. The van der Waals surface area contributed by atoms with E-state index in [1.807, 2.05) is 0 Å². The Morgan fingerprint density at radius 1 is 1.47 bits per heavy atom. The molecule has 1 fully saturated rings. The van der Waals surface area contributed by atoms with Gasteiger partial charge in [-0.3, -0.25) is 0 Å². The van der Waals surface area contributed by atoms with Crippen LogP contribution in [0.1, 0.15) is 33.6 Å². The largest absolute Gasteiger partial charge is 0.367 e. The van der Waals surface area contributed by atoms with Crippen molar-refractivity contribution in [2.24, 2.45) is 5.41 Å². The first kappa shape index (κ1) is 12.4. The monoisotopic (exact) mass is 221 g/mol. The molecule has 1 atom stereocenters. The number of carbonyl (C=O) groups excluding carboxylic acids is 1. The highest BCUT2D eigenvalue weighted by atomic mass is 19.3. The predicted molar refractivity (Wildman–Crippen MR) is 51.3 cm³/mol. The van der Waals surface area contributed by atoms with E-state index in [1.54, 1.807) is 20.8 Å². The lowest BCUT2D eigenvalue weighted by Gasteiger charge is -2.26. The number of alkyl halides is 2. The molecule has 0 aromatic rings. The van der Waals surface area contributed by atoms with Crippen LogP contribution in [0.2, 0.25) is 0 Å². The van der Waals surface area contributed by atoms with Crippen LogP contribution >= 0.6 is 0 Å². The number of halogens is 2. The van der Waals surface area contributed by atoms with Crippen LogP contribution < -0.4 is 0 Å². The number of nitrogens with zero attached hydrogens (tertiary/aromatic N) is 1. The molecule has 1 saturated heterocycles. The summed E-state index contributed by atoms with van der Waals surface area (Å²) < 4.78 is 25.0. The first-order valence-corrected chi connectivity index (χ1v) is 5.09. The average Bonchev–Trinajstić information content (AvgIpc) is 2.50. The second kappa shape index (κ2) is 4.43. The summed E-state index contributed by atoms with van der Waals surface area (Å²) in [6.07, 6.45) is -1.43. The van der Waals surface area contributed by atoms with Gasteiger partial charge in [0.25, 0.3) is 6.43 Å². The SMILES string of the molecule is CC(C)(C)C(=O)ON1CCC[C@@H]1C(F)F. The molecule has 15 heavy (non-hydrogen) atoms. The number of hydrogen-bond acceptors (Lipinski definition) is 3. The summed E-state index contributed by atoms with van der Waals surface area (Å²) in [6.45, 7) is 5.49. The van der Waals surface area contributed by atoms with Crippen LogP contribution in [-0.2, 0) is 9.63 Å². The van der Waals surface area contributed by atoms with Crippen LogP contribution in [0.15, 0.2) is 0 Å². The van der Waals surface area contributed by atoms with Crippen molar-refractivity contribution >= 4 is 5.97 Å². The van der Waals surface area contributed by atoms with Gasteiger partial charge >= 0.3 is 5.97 Å². The number of carbonyl (C=O) groups is 1. The van der Waals surface area contributed by atoms with E-state index < -0.39 is 23.9 Å². The Balaban J connectivity index is 2.55. The Morgan fingerprint density at radius 3 is 2.53 bits per heavy atom. The molecular formula is C10H17F2NO2. The third kappa shape index (κ3) is 3.12. The van der Waals surface area contributed by atoms with E-state index >= 15 is 0 Å². The van der Waals surface area contributed by atoms with Gasteiger partial charge in [-0.15, -0.1) is 5.06 Å². The molecule has 3 nitrogen and oxygen atoms in total. The topological polar surface area (TPSA) is 29.5 Å². The lowest BCUT2D eigenvalue weighted by molar-refractivity contribution is -0.213. The van der Waals surface area contributed by atoms with Crippen molar-refractivity contribution in [3.8, 4) is 0 Å². The maximum Gasteiger partial charge on any atom is 0.330 e. The fourth-order valence-electron chi connectivity index (χ4n) is 1.37. The molecule has 1 aliphatic rings. The summed E-state index contributed by atoms with van der Waals surface area (Å²) in [6, 6.07) is -0.934. The molecule has 1 heterocycles. The Labute approximate surface area is 88.3 Å². The second-order valence-electron chi connectivity index (χ2n) is 4.81. The Bertz CT molecular complexity index is 238. The zero-order valence-corrected chi connectivity index (χ0v) is 9.30. The van der Waals surface area contributed by atoms with Crippen LogP contribution in [0, 0.1) is 5.41 Å². The maximum atomic E-state index is 12.5. The van der Waals surface area contributed by atoms with E-state index in [0.717, 1.165) is 5.06 Å². The molecular weight excluding hydrogens is 204 g/mol. The van der Waals surface area contributed by atoms with Crippen molar-refractivity contribution in [1.82, 2.24) is 5.06 Å². The van der Waals surface area contributed by atoms with Crippen LogP contribution in [0.3, 0.4) is 0 Å². The molecule has 0 spiro atoms. The van der Waals surface area contributed by atoms with E-state index in [-0.39, 0.29) is 0 Å². The summed E-state index contributed by atoms with van der Waals surface area (Å²) in [5, 5.41) is 1.12. The van der Waals surface area contributed by atoms with E-state index in [4.69, 9.17) is 4.84 Å². The Morgan fingerprint density at radius 2 is 2.07 bits per heavy atom. The van der Waals surface area contributed by atoms with Gasteiger partial charge in [0.05, 0.1) is 5.41 Å². The highest BCUT2D eigenvalue weighted by Crippen LogP contribution is 2.25. The molecule has 1 aliphatic heterocycles. The highest BCUT2D eigenvalue weighted by molar-refractivity contribution is 5.75.